The van der Waals surface area contributed by atoms with Crippen molar-refractivity contribution in [3.63, 3.8) is 0 Å². The molecule has 2 saturated heterocycles. The molecule has 33 heavy (non-hydrogen) atoms. The molecule has 1 saturated carbocycles. The monoisotopic (exact) mass is 484 g/mol. The van der Waals surface area contributed by atoms with Crippen molar-refractivity contribution >= 4 is 15.9 Å². The third kappa shape index (κ3) is 8.77. The molecule has 3 aliphatic rings. The number of piperidine rings is 1. The molecular weight excluding hydrogens is 444 g/mol. The predicted octanol–water partition coefficient (Wildman–Crippen LogP) is 4.36. The summed E-state index contributed by atoms with van der Waals surface area (Å²) in [4.78, 5) is 17.5. The van der Waals surface area contributed by atoms with Crippen LogP contribution in [-0.4, -0.2) is 65.2 Å². The molecule has 0 spiro atoms. The Morgan fingerprint density at radius 3 is 2.03 bits per heavy atom. The number of carbonyl (C=O) groups is 1. The zero-order chi connectivity index (χ0) is 24.6. The SMILES string of the molecule is CC(C)OC(=O)N1C2CCC[C@H]1CC2.Cc1nc(S(C)(=O)=O)ccc1O.OC1CCCCC1. The third-order valence-corrected chi connectivity index (χ3v) is 7.22. The molecule has 188 valence electrons. The van der Waals surface area contributed by atoms with Gasteiger partial charge in [-0.05, 0) is 77.8 Å². The second-order valence-corrected chi connectivity index (χ2v) is 11.4. The second kappa shape index (κ2) is 12.6. The van der Waals surface area contributed by atoms with Crippen LogP contribution in [0.1, 0.15) is 83.7 Å². The van der Waals surface area contributed by atoms with Gasteiger partial charge in [-0.3, -0.25) is 0 Å². The normalized spacial score (nSPS) is 22.7. The minimum absolute atomic E-state index is 0.00222. The van der Waals surface area contributed by atoms with E-state index in [4.69, 9.17) is 14.9 Å². The van der Waals surface area contributed by atoms with E-state index in [1.807, 2.05) is 18.7 Å². The van der Waals surface area contributed by atoms with Crippen molar-refractivity contribution in [2.24, 2.45) is 0 Å². The highest BCUT2D eigenvalue weighted by molar-refractivity contribution is 7.90. The average Bonchev–Trinajstić information content (AvgIpc) is 2.99. The van der Waals surface area contributed by atoms with Gasteiger partial charge in [0.25, 0.3) is 0 Å². The van der Waals surface area contributed by atoms with Crippen LogP contribution in [0.15, 0.2) is 17.2 Å². The summed E-state index contributed by atoms with van der Waals surface area (Å²) in [5, 5.41) is 17.9. The summed E-state index contributed by atoms with van der Waals surface area (Å²) in [5.41, 5.74) is 0.318. The molecule has 9 heteroatoms. The Morgan fingerprint density at radius 1 is 1.03 bits per heavy atom. The van der Waals surface area contributed by atoms with Crippen LogP contribution in [0.4, 0.5) is 4.79 Å². The quantitative estimate of drug-likeness (QED) is 0.640. The number of nitrogens with zero attached hydrogens (tertiary/aromatic N) is 2. The van der Waals surface area contributed by atoms with Gasteiger partial charge in [-0.25, -0.2) is 18.2 Å². The summed E-state index contributed by atoms with van der Waals surface area (Å²) < 4.78 is 27.2. The number of aliphatic hydroxyl groups is 1. The van der Waals surface area contributed by atoms with Crippen LogP contribution in [0.2, 0.25) is 0 Å². The van der Waals surface area contributed by atoms with Crippen LogP contribution >= 0.6 is 0 Å². The minimum Gasteiger partial charge on any atom is -0.506 e. The highest BCUT2D eigenvalue weighted by Gasteiger charge is 2.40. The molecule has 2 atom stereocenters. The lowest BCUT2D eigenvalue weighted by atomic mass is 9.98. The Morgan fingerprint density at radius 2 is 1.61 bits per heavy atom. The Hall–Kier alpha value is -1.87. The van der Waals surface area contributed by atoms with Crippen LogP contribution in [0.3, 0.4) is 0 Å². The molecule has 1 aliphatic carbocycles. The van der Waals surface area contributed by atoms with Crippen molar-refractivity contribution < 1.29 is 28.2 Å². The van der Waals surface area contributed by atoms with Crippen molar-refractivity contribution in [1.82, 2.24) is 9.88 Å². The van der Waals surface area contributed by atoms with Crippen LogP contribution in [-0.2, 0) is 14.6 Å². The van der Waals surface area contributed by atoms with Gasteiger partial charge in [0.1, 0.15) is 5.75 Å². The van der Waals surface area contributed by atoms with Crippen LogP contribution in [0.25, 0.3) is 0 Å². The number of ether oxygens (including phenoxy) is 1. The Balaban J connectivity index is 0.000000185. The number of aliphatic hydroxyl groups excluding tert-OH is 1. The van der Waals surface area contributed by atoms with Crippen molar-refractivity contribution in [3.8, 4) is 5.75 Å². The number of carbonyl (C=O) groups excluding carboxylic acids is 1. The Bertz CT molecular complexity index is 852. The maximum Gasteiger partial charge on any atom is 0.410 e. The molecule has 2 bridgehead atoms. The largest absolute Gasteiger partial charge is 0.506 e. The zero-order valence-electron chi connectivity index (χ0n) is 20.4. The molecule has 1 unspecified atom stereocenters. The van der Waals surface area contributed by atoms with E-state index in [-0.39, 0.29) is 29.1 Å². The molecule has 1 amide bonds. The molecule has 1 aromatic rings. The third-order valence-electron chi connectivity index (χ3n) is 6.23. The van der Waals surface area contributed by atoms with Crippen LogP contribution in [0.5, 0.6) is 5.75 Å². The first-order valence-corrected chi connectivity index (χ1v) is 13.9. The van der Waals surface area contributed by atoms with Crippen molar-refractivity contribution in [3.05, 3.63) is 17.8 Å². The summed E-state index contributed by atoms with van der Waals surface area (Å²) >= 11 is 0. The number of pyridine rings is 1. The van der Waals surface area contributed by atoms with E-state index < -0.39 is 9.84 Å². The highest BCUT2D eigenvalue weighted by Crippen LogP contribution is 2.35. The lowest BCUT2D eigenvalue weighted by Gasteiger charge is -2.34. The van der Waals surface area contributed by atoms with Crippen LogP contribution < -0.4 is 0 Å². The Labute approximate surface area is 198 Å². The van der Waals surface area contributed by atoms with Gasteiger partial charge in [0.2, 0.25) is 0 Å². The zero-order valence-corrected chi connectivity index (χ0v) is 21.2. The summed E-state index contributed by atoms with van der Waals surface area (Å²) in [6.45, 7) is 5.36. The minimum atomic E-state index is -3.26. The number of aromatic nitrogens is 1. The number of rotatable bonds is 2. The van der Waals surface area contributed by atoms with Gasteiger partial charge >= 0.3 is 6.09 Å². The van der Waals surface area contributed by atoms with Gasteiger partial charge in [-0.15, -0.1) is 0 Å². The number of aromatic hydroxyl groups is 1. The van der Waals surface area contributed by atoms with Gasteiger partial charge in [-0.1, -0.05) is 19.3 Å². The molecular formula is C24H40N2O6S. The Kier molecular flexibility index (Phi) is 10.4. The van der Waals surface area contributed by atoms with Crippen molar-refractivity contribution in [1.29, 1.82) is 0 Å². The number of hydrogen-bond donors (Lipinski definition) is 2. The van der Waals surface area contributed by atoms with Gasteiger partial charge < -0.3 is 19.8 Å². The molecule has 8 nitrogen and oxygen atoms in total. The molecule has 3 heterocycles. The lowest BCUT2D eigenvalue weighted by molar-refractivity contribution is 0.0501. The van der Waals surface area contributed by atoms with Crippen LogP contribution in [0, 0.1) is 6.92 Å². The van der Waals surface area contributed by atoms with Gasteiger partial charge in [0, 0.05) is 18.3 Å². The fourth-order valence-electron chi connectivity index (χ4n) is 4.50. The smallest absolute Gasteiger partial charge is 0.410 e. The van der Waals surface area contributed by atoms with Gasteiger partial charge in [-0.2, -0.15) is 0 Å². The predicted molar refractivity (Wildman–Crippen MR) is 127 cm³/mol. The van der Waals surface area contributed by atoms with E-state index in [1.54, 1.807) is 6.92 Å². The molecule has 0 aromatic carbocycles. The summed E-state index contributed by atoms with van der Waals surface area (Å²) in [7, 11) is -3.26. The fourth-order valence-corrected chi connectivity index (χ4v) is 5.11. The number of hydrogen-bond acceptors (Lipinski definition) is 7. The van der Waals surface area contributed by atoms with Crippen molar-refractivity contribution in [2.75, 3.05) is 6.26 Å². The maximum atomic E-state index is 11.8. The first kappa shape index (κ1) is 27.4. The molecule has 1 aromatic heterocycles. The molecule has 2 N–H and O–H groups in total. The van der Waals surface area contributed by atoms with E-state index in [1.165, 1.54) is 63.5 Å². The number of fused-ring (bicyclic) bond motifs is 2. The number of amides is 1. The first-order valence-electron chi connectivity index (χ1n) is 12.0. The van der Waals surface area contributed by atoms with E-state index in [0.717, 1.165) is 19.1 Å². The van der Waals surface area contributed by atoms with E-state index in [2.05, 4.69) is 4.98 Å². The maximum absolute atomic E-state index is 11.8. The number of sulfone groups is 1. The summed E-state index contributed by atoms with van der Waals surface area (Å²) in [5.74, 6) is 0.00222. The topological polar surface area (TPSA) is 117 Å². The molecule has 4 rings (SSSR count). The van der Waals surface area contributed by atoms with Gasteiger partial charge in [0.15, 0.2) is 14.9 Å². The van der Waals surface area contributed by atoms with E-state index in [9.17, 15) is 13.2 Å². The lowest BCUT2D eigenvalue weighted by Crippen LogP contribution is -2.44. The van der Waals surface area contributed by atoms with E-state index in [0.29, 0.717) is 17.8 Å². The fraction of sp³-hybridized carbons (Fsp3) is 0.750. The number of aryl methyl sites for hydroxylation is 1. The van der Waals surface area contributed by atoms with Gasteiger partial charge in [0.05, 0.1) is 17.9 Å². The highest BCUT2D eigenvalue weighted by atomic mass is 32.2. The standard InChI is InChI=1S/C11H19NO2.C7H9NO3S.C6H12O/c1-8(2)14-11(13)12-9-4-3-5-10(12)7-6-9;1-5-6(9)3-4-7(8-5)12(2,10)11;7-6-4-2-1-3-5-6/h8-10H,3-7H2,1-2H3;3-4,9H,1-2H3;6-7H,1-5H2/t9-,10?;;/m0../s1. The van der Waals surface area contributed by atoms with E-state index >= 15 is 0 Å². The molecule has 2 aliphatic heterocycles. The first-order chi connectivity index (χ1) is 15.5. The van der Waals surface area contributed by atoms with Crippen molar-refractivity contribution in [2.45, 2.75) is 114 Å². The second-order valence-electron chi connectivity index (χ2n) is 9.47. The summed E-state index contributed by atoms with van der Waals surface area (Å²) in [6.07, 6.45) is 12.9. The summed E-state index contributed by atoms with van der Waals surface area (Å²) in [6, 6.07) is 3.54. The average molecular weight is 485 g/mol. The molecule has 3 fully saturated rings. The molecule has 0 radical (unpaired) electrons.